The lowest BCUT2D eigenvalue weighted by Gasteiger charge is -2.39. The molecule has 2 aromatic carbocycles. The fourth-order valence-electron chi connectivity index (χ4n) is 5.35. The van der Waals surface area contributed by atoms with E-state index >= 15 is 0 Å². The largest absolute Gasteiger partial charge is 0.376 e. The lowest BCUT2D eigenvalue weighted by Crippen LogP contribution is -2.46. The van der Waals surface area contributed by atoms with Crippen LogP contribution in [0.15, 0.2) is 54.7 Å². The summed E-state index contributed by atoms with van der Waals surface area (Å²) < 4.78 is 7.81. The molecule has 0 N–H and O–H groups in total. The van der Waals surface area contributed by atoms with E-state index in [9.17, 15) is 0 Å². The molecule has 6 heteroatoms. The van der Waals surface area contributed by atoms with Crippen LogP contribution < -0.4 is 4.90 Å². The van der Waals surface area contributed by atoms with Gasteiger partial charge in [0.1, 0.15) is 5.69 Å². The number of aryl methyl sites for hydroxylation is 1. The van der Waals surface area contributed by atoms with Crippen LogP contribution in [0, 0.1) is 6.92 Å². The van der Waals surface area contributed by atoms with E-state index in [4.69, 9.17) is 4.74 Å². The number of nitrogens with zero attached hydrogens (tertiary/aromatic N) is 5. The van der Waals surface area contributed by atoms with Crippen molar-refractivity contribution in [2.45, 2.75) is 64.3 Å². The number of piperidine rings is 1. The zero-order chi connectivity index (χ0) is 23.3. The highest BCUT2D eigenvalue weighted by atomic mass is 16.5. The molecule has 2 aliphatic rings. The Morgan fingerprint density at radius 1 is 1.06 bits per heavy atom. The molecule has 1 aromatic heterocycles. The van der Waals surface area contributed by atoms with E-state index in [1.807, 2.05) is 4.68 Å². The minimum Gasteiger partial charge on any atom is -0.376 e. The molecule has 3 heterocycles. The predicted molar refractivity (Wildman–Crippen MR) is 137 cm³/mol. The fraction of sp³-hybridized carbons (Fsp3) is 0.500. The van der Waals surface area contributed by atoms with Gasteiger partial charge in [0.15, 0.2) is 0 Å². The topological polar surface area (TPSA) is 46.4 Å². The standard InChI is InChI=1S/C28H37N5O/c1-22-17-24(32-15-8-11-25(19-32)31(2)18-23-9-4-3-5-10-23)13-14-27(22)28-21-33(30-29-28)20-26-12-6-7-16-34-26/h3-5,9-10,13-14,17,21,25-26H,6-8,11-12,15-16,18-20H2,1-2H3/t25-,26-/m1/s1. The van der Waals surface area contributed by atoms with Gasteiger partial charge in [0, 0.05) is 43.5 Å². The number of benzene rings is 2. The average molecular weight is 460 g/mol. The third-order valence-corrected chi connectivity index (χ3v) is 7.35. The van der Waals surface area contributed by atoms with Gasteiger partial charge in [-0.25, -0.2) is 4.68 Å². The third kappa shape index (κ3) is 5.50. The summed E-state index contributed by atoms with van der Waals surface area (Å²) in [7, 11) is 2.26. The first-order chi connectivity index (χ1) is 16.7. The third-order valence-electron chi connectivity index (χ3n) is 7.35. The SMILES string of the molecule is Cc1cc(N2CCC[C@@H](N(C)Cc3ccccc3)C2)ccc1-c1cn(C[C@H]2CCCCO2)nn1. The van der Waals surface area contributed by atoms with Crippen molar-refractivity contribution in [2.75, 3.05) is 31.6 Å². The normalized spacial score (nSPS) is 21.2. The molecule has 0 amide bonds. The summed E-state index contributed by atoms with van der Waals surface area (Å²) >= 11 is 0. The summed E-state index contributed by atoms with van der Waals surface area (Å²) in [6.07, 6.45) is 8.33. The minimum atomic E-state index is 0.263. The van der Waals surface area contributed by atoms with Crippen LogP contribution in [0.1, 0.15) is 43.2 Å². The molecule has 0 bridgehead atoms. The van der Waals surface area contributed by atoms with Crippen molar-refractivity contribution in [3.05, 3.63) is 65.9 Å². The van der Waals surface area contributed by atoms with Crippen molar-refractivity contribution in [3.63, 3.8) is 0 Å². The van der Waals surface area contributed by atoms with Crippen LogP contribution in [-0.2, 0) is 17.8 Å². The number of rotatable bonds is 7. The first-order valence-electron chi connectivity index (χ1n) is 12.8. The molecular weight excluding hydrogens is 422 g/mol. The molecule has 0 aliphatic carbocycles. The molecule has 2 saturated heterocycles. The summed E-state index contributed by atoms with van der Waals surface area (Å²) in [5.74, 6) is 0. The Kier molecular flexibility index (Phi) is 7.26. The lowest BCUT2D eigenvalue weighted by atomic mass is 10.0. The Morgan fingerprint density at radius 3 is 2.74 bits per heavy atom. The number of likely N-dealkylation sites (N-methyl/N-ethyl adjacent to an activating group) is 1. The first kappa shape index (κ1) is 23.1. The second-order valence-electron chi connectivity index (χ2n) is 9.96. The molecule has 34 heavy (non-hydrogen) atoms. The van der Waals surface area contributed by atoms with Gasteiger partial charge in [-0.1, -0.05) is 41.6 Å². The van der Waals surface area contributed by atoms with Gasteiger partial charge in [0.2, 0.25) is 0 Å². The van der Waals surface area contributed by atoms with Gasteiger partial charge < -0.3 is 9.64 Å². The number of ether oxygens (including phenoxy) is 1. The number of hydrogen-bond acceptors (Lipinski definition) is 5. The quantitative estimate of drug-likeness (QED) is 0.502. The molecule has 3 aromatic rings. The smallest absolute Gasteiger partial charge is 0.113 e. The van der Waals surface area contributed by atoms with Crippen molar-refractivity contribution in [1.82, 2.24) is 19.9 Å². The highest BCUT2D eigenvalue weighted by molar-refractivity contribution is 5.67. The van der Waals surface area contributed by atoms with Gasteiger partial charge >= 0.3 is 0 Å². The Labute approximate surface area is 203 Å². The van der Waals surface area contributed by atoms with E-state index in [0.29, 0.717) is 6.04 Å². The average Bonchev–Trinajstić information content (AvgIpc) is 3.33. The predicted octanol–water partition coefficient (Wildman–Crippen LogP) is 4.92. The number of aromatic nitrogens is 3. The molecule has 5 rings (SSSR count). The minimum absolute atomic E-state index is 0.263. The van der Waals surface area contributed by atoms with Crippen LogP contribution in [0.2, 0.25) is 0 Å². The molecule has 0 radical (unpaired) electrons. The second kappa shape index (κ2) is 10.7. The molecule has 0 unspecified atom stereocenters. The van der Waals surface area contributed by atoms with Crippen LogP contribution in [0.4, 0.5) is 5.69 Å². The van der Waals surface area contributed by atoms with E-state index in [-0.39, 0.29) is 6.10 Å². The maximum absolute atomic E-state index is 5.86. The maximum atomic E-state index is 5.86. The van der Waals surface area contributed by atoms with Crippen molar-refractivity contribution >= 4 is 5.69 Å². The van der Waals surface area contributed by atoms with Crippen molar-refractivity contribution in [1.29, 1.82) is 0 Å². The second-order valence-corrected chi connectivity index (χ2v) is 9.96. The van der Waals surface area contributed by atoms with Crippen LogP contribution in [-0.4, -0.2) is 58.8 Å². The van der Waals surface area contributed by atoms with Crippen LogP contribution in [0.5, 0.6) is 0 Å². The Balaban J connectivity index is 1.23. The summed E-state index contributed by atoms with van der Waals surface area (Å²) in [5, 5.41) is 8.84. The zero-order valence-electron chi connectivity index (χ0n) is 20.6. The van der Waals surface area contributed by atoms with Gasteiger partial charge in [-0.05, 0) is 69.3 Å². The number of anilines is 1. The van der Waals surface area contributed by atoms with E-state index in [1.54, 1.807) is 0 Å². The highest BCUT2D eigenvalue weighted by Gasteiger charge is 2.24. The monoisotopic (exact) mass is 459 g/mol. The Morgan fingerprint density at radius 2 is 1.94 bits per heavy atom. The summed E-state index contributed by atoms with van der Waals surface area (Å²) in [5.41, 5.74) is 6.04. The van der Waals surface area contributed by atoms with Crippen LogP contribution >= 0.6 is 0 Å². The summed E-state index contributed by atoms with van der Waals surface area (Å²) in [4.78, 5) is 5.06. The highest BCUT2D eigenvalue weighted by Crippen LogP contribution is 2.29. The lowest BCUT2D eigenvalue weighted by molar-refractivity contribution is 0.00370. The van der Waals surface area contributed by atoms with Crippen molar-refractivity contribution < 1.29 is 4.74 Å². The molecule has 0 spiro atoms. The van der Waals surface area contributed by atoms with Crippen molar-refractivity contribution in [3.8, 4) is 11.3 Å². The Hall–Kier alpha value is -2.70. The van der Waals surface area contributed by atoms with Gasteiger partial charge in [-0.3, -0.25) is 4.90 Å². The molecule has 2 atom stereocenters. The summed E-state index contributed by atoms with van der Waals surface area (Å²) in [6, 6.07) is 18.1. The maximum Gasteiger partial charge on any atom is 0.113 e. The molecule has 2 fully saturated rings. The first-order valence-corrected chi connectivity index (χ1v) is 12.8. The van der Waals surface area contributed by atoms with Gasteiger partial charge in [-0.15, -0.1) is 5.10 Å². The van der Waals surface area contributed by atoms with Crippen LogP contribution in [0.3, 0.4) is 0 Å². The molecule has 180 valence electrons. The fourth-order valence-corrected chi connectivity index (χ4v) is 5.35. The van der Waals surface area contributed by atoms with Gasteiger partial charge in [0.05, 0.1) is 18.8 Å². The number of hydrogen-bond donors (Lipinski definition) is 0. The van der Waals surface area contributed by atoms with E-state index < -0.39 is 0 Å². The molecule has 2 aliphatic heterocycles. The van der Waals surface area contributed by atoms with E-state index in [2.05, 4.69) is 88.8 Å². The van der Waals surface area contributed by atoms with E-state index in [1.165, 1.54) is 42.5 Å². The van der Waals surface area contributed by atoms with Crippen LogP contribution in [0.25, 0.3) is 11.3 Å². The van der Waals surface area contributed by atoms with Crippen molar-refractivity contribution in [2.24, 2.45) is 0 Å². The van der Waals surface area contributed by atoms with Gasteiger partial charge in [-0.2, -0.15) is 0 Å². The zero-order valence-corrected chi connectivity index (χ0v) is 20.6. The summed E-state index contributed by atoms with van der Waals surface area (Å²) in [6.45, 7) is 7.03. The Bertz CT molecular complexity index is 1060. The van der Waals surface area contributed by atoms with Gasteiger partial charge in [0.25, 0.3) is 0 Å². The van der Waals surface area contributed by atoms with E-state index in [0.717, 1.165) is 50.5 Å². The molecule has 0 saturated carbocycles. The molecule has 6 nitrogen and oxygen atoms in total. The molecular formula is C28H37N5O.